The number of para-hydroxylation sites is 2. The summed E-state index contributed by atoms with van der Waals surface area (Å²) in [5.41, 5.74) is 12.1. The average Bonchev–Trinajstić information content (AvgIpc) is 3.84. The predicted molar refractivity (Wildman–Crippen MR) is 219 cm³/mol. The number of hydrogen-bond donors (Lipinski definition) is 0. The van der Waals surface area contributed by atoms with Crippen LogP contribution in [-0.2, 0) is 0 Å². The predicted octanol–water partition coefficient (Wildman–Crippen LogP) is 13.6. The number of aromatic nitrogens is 2. The topological polar surface area (TPSA) is 9.86 Å². The molecule has 0 unspecified atom stereocenters. The van der Waals surface area contributed by atoms with Gasteiger partial charge in [-0.05, 0) is 82.9 Å². The van der Waals surface area contributed by atoms with E-state index in [0.29, 0.717) is 0 Å². The van der Waals surface area contributed by atoms with Crippen LogP contribution < -0.4 is 0 Å². The lowest BCUT2D eigenvalue weighted by molar-refractivity contribution is 1.18. The molecule has 2 nitrogen and oxygen atoms in total. The van der Waals surface area contributed by atoms with Crippen molar-refractivity contribution in [3.05, 3.63) is 182 Å². The molecular formula is C48H30N2S. The molecule has 51 heavy (non-hydrogen) atoms. The normalized spacial score (nSPS) is 11.9. The van der Waals surface area contributed by atoms with E-state index in [0.717, 1.165) is 5.69 Å². The summed E-state index contributed by atoms with van der Waals surface area (Å²) in [5.74, 6) is 0. The minimum atomic E-state index is 1.15. The first-order valence-corrected chi connectivity index (χ1v) is 18.2. The molecule has 0 amide bonds. The zero-order valence-electron chi connectivity index (χ0n) is 27.6. The third-order valence-electron chi connectivity index (χ3n) is 10.5. The molecule has 0 bridgehead atoms. The maximum atomic E-state index is 2.46. The van der Waals surface area contributed by atoms with E-state index >= 15 is 0 Å². The van der Waals surface area contributed by atoms with Gasteiger partial charge in [0.05, 0.1) is 22.1 Å². The molecular weight excluding hydrogens is 637 g/mol. The van der Waals surface area contributed by atoms with Crippen LogP contribution in [0.2, 0.25) is 0 Å². The third kappa shape index (κ3) is 4.35. The van der Waals surface area contributed by atoms with Gasteiger partial charge in [0.1, 0.15) is 0 Å². The van der Waals surface area contributed by atoms with E-state index in [1.165, 1.54) is 91.7 Å². The Kier molecular flexibility index (Phi) is 6.16. The second-order valence-corrected chi connectivity index (χ2v) is 14.5. The lowest BCUT2D eigenvalue weighted by atomic mass is 9.99. The molecule has 0 saturated heterocycles. The minimum Gasteiger partial charge on any atom is -0.309 e. The monoisotopic (exact) mass is 666 g/mol. The van der Waals surface area contributed by atoms with Crippen LogP contribution in [0.15, 0.2) is 182 Å². The van der Waals surface area contributed by atoms with E-state index in [9.17, 15) is 0 Å². The van der Waals surface area contributed by atoms with E-state index in [4.69, 9.17) is 0 Å². The lowest BCUT2D eigenvalue weighted by Crippen LogP contribution is -1.95. The Morgan fingerprint density at radius 3 is 1.49 bits per heavy atom. The molecule has 0 fully saturated rings. The molecule has 3 aromatic heterocycles. The Morgan fingerprint density at radius 1 is 0.275 bits per heavy atom. The van der Waals surface area contributed by atoms with Crippen molar-refractivity contribution in [2.24, 2.45) is 0 Å². The van der Waals surface area contributed by atoms with E-state index in [1.54, 1.807) is 0 Å². The van der Waals surface area contributed by atoms with E-state index in [-0.39, 0.29) is 0 Å². The van der Waals surface area contributed by atoms with Gasteiger partial charge in [0.2, 0.25) is 0 Å². The van der Waals surface area contributed by atoms with Gasteiger partial charge in [0.15, 0.2) is 0 Å². The van der Waals surface area contributed by atoms with Crippen molar-refractivity contribution in [2.45, 2.75) is 0 Å². The summed E-state index contributed by atoms with van der Waals surface area (Å²) < 4.78 is 7.55. The van der Waals surface area contributed by atoms with Gasteiger partial charge in [-0.2, -0.15) is 0 Å². The molecule has 0 atom stereocenters. The summed E-state index contributed by atoms with van der Waals surface area (Å²) in [5, 5.41) is 7.66. The van der Waals surface area contributed by atoms with Crippen LogP contribution in [0.1, 0.15) is 0 Å². The molecule has 0 N–H and O–H groups in total. The van der Waals surface area contributed by atoms with Crippen LogP contribution in [0.3, 0.4) is 0 Å². The maximum Gasteiger partial charge on any atom is 0.0548 e. The first kappa shape index (κ1) is 28.4. The summed E-state index contributed by atoms with van der Waals surface area (Å²) in [6.45, 7) is 0. The highest BCUT2D eigenvalue weighted by Gasteiger charge is 2.19. The Labute approximate surface area is 298 Å². The molecule has 0 saturated carbocycles. The van der Waals surface area contributed by atoms with E-state index in [1.807, 2.05) is 11.3 Å². The van der Waals surface area contributed by atoms with Gasteiger partial charge in [-0.1, -0.05) is 121 Å². The SMILES string of the molecule is c1ccc(-c2cccc(-c3cccc(-n4c5ccccc5c5cc6c(cc54)c4ccccc4n6-c4ccc5c(c4)sc4ccccc45)c3)c2)cc1. The van der Waals surface area contributed by atoms with Crippen LogP contribution in [0.25, 0.3) is 97.4 Å². The Bertz CT molecular complexity index is 3140. The molecule has 238 valence electrons. The third-order valence-corrected chi connectivity index (χ3v) is 11.6. The van der Waals surface area contributed by atoms with Crippen LogP contribution in [0.4, 0.5) is 0 Å². The lowest BCUT2D eigenvalue weighted by Gasteiger charge is -2.12. The summed E-state index contributed by atoms with van der Waals surface area (Å²) in [6, 6.07) is 66.7. The van der Waals surface area contributed by atoms with Crippen molar-refractivity contribution in [3.63, 3.8) is 0 Å². The van der Waals surface area contributed by atoms with Gasteiger partial charge in [0.25, 0.3) is 0 Å². The highest BCUT2D eigenvalue weighted by atomic mass is 32.1. The van der Waals surface area contributed by atoms with Gasteiger partial charge in [-0.15, -0.1) is 11.3 Å². The highest BCUT2D eigenvalue weighted by Crippen LogP contribution is 2.41. The first-order valence-electron chi connectivity index (χ1n) is 17.4. The molecule has 0 aliphatic carbocycles. The van der Waals surface area contributed by atoms with Crippen molar-refractivity contribution in [2.75, 3.05) is 0 Å². The Morgan fingerprint density at radius 2 is 0.784 bits per heavy atom. The van der Waals surface area contributed by atoms with Crippen molar-refractivity contribution in [3.8, 4) is 33.6 Å². The smallest absolute Gasteiger partial charge is 0.0548 e. The zero-order chi connectivity index (χ0) is 33.5. The number of hydrogen-bond acceptors (Lipinski definition) is 1. The molecule has 0 aliphatic heterocycles. The average molecular weight is 667 g/mol. The van der Waals surface area contributed by atoms with Crippen molar-refractivity contribution >= 4 is 75.1 Å². The molecule has 0 radical (unpaired) electrons. The minimum absolute atomic E-state index is 1.15. The molecule has 0 aliphatic rings. The highest BCUT2D eigenvalue weighted by molar-refractivity contribution is 7.25. The second kappa shape index (κ2) is 11.0. The fraction of sp³-hybridized carbons (Fsp3) is 0. The van der Waals surface area contributed by atoms with Gasteiger partial charge in [0, 0.05) is 53.1 Å². The maximum absolute atomic E-state index is 2.46. The molecule has 3 heterocycles. The van der Waals surface area contributed by atoms with Crippen LogP contribution in [-0.4, -0.2) is 9.13 Å². The molecule has 11 rings (SSSR count). The fourth-order valence-electron chi connectivity index (χ4n) is 8.17. The first-order chi connectivity index (χ1) is 25.3. The summed E-state index contributed by atoms with van der Waals surface area (Å²) >= 11 is 1.87. The number of benzene rings is 8. The van der Waals surface area contributed by atoms with Crippen molar-refractivity contribution < 1.29 is 0 Å². The summed E-state index contributed by atoms with van der Waals surface area (Å²) in [6.07, 6.45) is 0. The van der Waals surface area contributed by atoms with Crippen molar-refractivity contribution in [1.29, 1.82) is 0 Å². The van der Waals surface area contributed by atoms with Gasteiger partial charge in [-0.3, -0.25) is 0 Å². The largest absolute Gasteiger partial charge is 0.309 e. The van der Waals surface area contributed by atoms with Crippen LogP contribution in [0, 0.1) is 0 Å². The number of rotatable bonds is 4. The second-order valence-electron chi connectivity index (χ2n) is 13.4. The molecule has 3 heteroatoms. The molecule has 8 aromatic carbocycles. The summed E-state index contributed by atoms with van der Waals surface area (Å²) in [4.78, 5) is 0. The standard InChI is InChI=1S/C48H30N2S/c1-2-12-31(13-3-1)32-14-10-15-33(26-32)34-16-11-17-35(27-34)49-43-21-7-4-18-37(43)41-30-46-42(29-45(41)49)38-19-5-8-22-44(38)50(46)36-24-25-40-39-20-6-9-23-47(39)51-48(40)28-36/h1-30H. The van der Waals surface area contributed by atoms with E-state index in [2.05, 4.69) is 191 Å². The number of nitrogens with zero attached hydrogens (tertiary/aromatic N) is 2. The van der Waals surface area contributed by atoms with Crippen molar-refractivity contribution in [1.82, 2.24) is 9.13 Å². The number of thiophene rings is 1. The van der Waals surface area contributed by atoms with Gasteiger partial charge in [-0.25, -0.2) is 0 Å². The Balaban J connectivity index is 1.14. The van der Waals surface area contributed by atoms with Crippen LogP contribution in [0.5, 0.6) is 0 Å². The Hall–Kier alpha value is -6.42. The molecule has 0 spiro atoms. The van der Waals surface area contributed by atoms with Gasteiger partial charge < -0.3 is 9.13 Å². The zero-order valence-corrected chi connectivity index (χ0v) is 28.4. The summed E-state index contributed by atoms with van der Waals surface area (Å²) in [7, 11) is 0. The van der Waals surface area contributed by atoms with E-state index < -0.39 is 0 Å². The fourth-order valence-corrected chi connectivity index (χ4v) is 9.31. The van der Waals surface area contributed by atoms with Gasteiger partial charge >= 0.3 is 0 Å². The number of fused-ring (bicyclic) bond motifs is 9. The molecule has 11 aromatic rings. The van der Waals surface area contributed by atoms with Crippen LogP contribution >= 0.6 is 11.3 Å². The quantitative estimate of drug-likeness (QED) is 0.177.